The van der Waals surface area contributed by atoms with Crippen molar-refractivity contribution < 1.29 is 9.53 Å². The van der Waals surface area contributed by atoms with E-state index in [1.165, 1.54) is 0 Å². The van der Waals surface area contributed by atoms with Gasteiger partial charge in [-0.3, -0.25) is 4.79 Å². The fraction of sp³-hybridized carbons (Fsp3) is 0.176. The summed E-state index contributed by atoms with van der Waals surface area (Å²) in [5, 5.41) is 8.79. The maximum absolute atomic E-state index is 11.2. The fourth-order valence-electron chi connectivity index (χ4n) is 1.92. The minimum Gasteiger partial charge on any atom is -0.490 e. The number of rotatable bonds is 4. The predicted octanol–water partition coefficient (Wildman–Crippen LogP) is 3.82. The van der Waals surface area contributed by atoms with Crippen molar-refractivity contribution in [2.75, 3.05) is 0 Å². The van der Waals surface area contributed by atoms with Crippen LogP contribution in [0, 0.1) is 11.3 Å². The molecule has 0 saturated carbocycles. The lowest BCUT2D eigenvalue weighted by atomic mass is 10.0. The summed E-state index contributed by atoms with van der Waals surface area (Å²) >= 11 is 0. The third kappa shape index (κ3) is 3.04. The average molecular weight is 265 g/mol. The van der Waals surface area contributed by atoms with Crippen molar-refractivity contribution in [3.05, 3.63) is 53.6 Å². The third-order valence-corrected chi connectivity index (χ3v) is 2.85. The molecule has 2 rings (SSSR count). The van der Waals surface area contributed by atoms with Gasteiger partial charge in [0.15, 0.2) is 6.29 Å². The molecular weight excluding hydrogens is 250 g/mol. The van der Waals surface area contributed by atoms with Crippen LogP contribution in [0.1, 0.15) is 29.8 Å². The maximum atomic E-state index is 11.2. The maximum Gasteiger partial charge on any atom is 0.153 e. The Bertz CT molecular complexity index is 652. The van der Waals surface area contributed by atoms with Gasteiger partial charge < -0.3 is 4.74 Å². The number of nitrogens with zero attached hydrogens (tertiary/aromatic N) is 1. The van der Waals surface area contributed by atoms with Gasteiger partial charge in [-0.1, -0.05) is 18.2 Å². The molecule has 0 heterocycles. The van der Waals surface area contributed by atoms with E-state index in [-0.39, 0.29) is 6.10 Å². The van der Waals surface area contributed by atoms with Crippen molar-refractivity contribution in [2.45, 2.75) is 20.0 Å². The minimum atomic E-state index is 0.0227. The van der Waals surface area contributed by atoms with E-state index in [2.05, 4.69) is 6.07 Å². The Morgan fingerprint density at radius 2 is 1.75 bits per heavy atom. The highest BCUT2D eigenvalue weighted by molar-refractivity contribution is 5.83. The van der Waals surface area contributed by atoms with E-state index in [4.69, 9.17) is 10.00 Å². The highest BCUT2D eigenvalue weighted by Gasteiger charge is 2.07. The van der Waals surface area contributed by atoms with Gasteiger partial charge >= 0.3 is 0 Å². The number of carbonyl (C=O) groups is 1. The molecule has 0 radical (unpaired) electrons. The molecule has 0 aliphatic carbocycles. The molecule has 0 saturated heterocycles. The number of aldehydes is 1. The topological polar surface area (TPSA) is 50.1 Å². The molecule has 0 spiro atoms. The van der Waals surface area contributed by atoms with E-state index in [9.17, 15) is 4.79 Å². The predicted molar refractivity (Wildman–Crippen MR) is 77.7 cm³/mol. The molecule has 100 valence electrons. The van der Waals surface area contributed by atoms with Crippen molar-refractivity contribution in [1.29, 1.82) is 5.26 Å². The molecule has 0 atom stereocenters. The largest absolute Gasteiger partial charge is 0.490 e. The second kappa shape index (κ2) is 6.03. The summed E-state index contributed by atoms with van der Waals surface area (Å²) in [6.45, 7) is 3.84. The average Bonchev–Trinajstić information content (AvgIpc) is 2.47. The van der Waals surface area contributed by atoms with Crippen LogP contribution in [0.25, 0.3) is 11.1 Å². The zero-order valence-electron chi connectivity index (χ0n) is 11.5. The molecule has 3 nitrogen and oxygen atoms in total. The lowest BCUT2D eigenvalue weighted by molar-refractivity contribution is 0.111. The molecule has 0 aliphatic rings. The summed E-state index contributed by atoms with van der Waals surface area (Å²) in [6.07, 6.45) is 0.819. The number of hydrogen-bond acceptors (Lipinski definition) is 3. The van der Waals surface area contributed by atoms with Crippen molar-refractivity contribution in [3.8, 4) is 22.9 Å². The van der Waals surface area contributed by atoms with E-state index in [1.54, 1.807) is 24.3 Å². The fourth-order valence-corrected chi connectivity index (χ4v) is 1.92. The van der Waals surface area contributed by atoms with E-state index in [0.29, 0.717) is 16.9 Å². The molecular formula is C17H15NO2. The molecule has 0 aliphatic heterocycles. The number of ether oxygens (including phenoxy) is 1. The Labute approximate surface area is 118 Å². The van der Waals surface area contributed by atoms with Gasteiger partial charge in [-0.15, -0.1) is 0 Å². The van der Waals surface area contributed by atoms with Crippen LogP contribution < -0.4 is 4.74 Å². The van der Waals surface area contributed by atoms with Gasteiger partial charge in [0.1, 0.15) is 5.75 Å². The van der Waals surface area contributed by atoms with Gasteiger partial charge in [0, 0.05) is 0 Å². The van der Waals surface area contributed by atoms with Gasteiger partial charge in [0.05, 0.1) is 23.3 Å². The Morgan fingerprint density at radius 1 is 1.10 bits per heavy atom. The quantitative estimate of drug-likeness (QED) is 0.789. The van der Waals surface area contributed by atoms with E-state index < -0.39 is 0 Å². The Kier molecular flexibility index (Phi) is 4.17. The summed E-state index contributed by atoms with van der Waals surface area (Å²) in [7, 11) is 0. The van der Waals surface area contributed by atoms with Gasteiger partial charge in [-0.25, -0.2) is 0 Å². The molecule has 3 heteroatoms. The van der Waals surface area contributed by atoms with Crippen LogP contribution in [-0.2, 0) is 0 Å². The van der Waals surface area contributed by atoms with E-state index in [1.807, 2.05) is 32.0 Å². The first-order valence-corrected chi connectivity index (χ1v) is 6.40. The molecule has 0 aromatic heterocycles. The summed E-state index contributed by atoms with van der Waals surface area (Å²) in [4.78, 5) is 11.2. The molecule has 0 unspecified atom stereocenters. The lowest BCUT2D eigenvalue weighted by Crippen LogP contribution is -2.07. The number of nitriles is 1. The second-order valence-electron chi connectivity index (χ2n) is 4.73. The van der Waals surface area contributed by atoms with Crippen molar-refractivity contribution >= 4 is 6.29 Å². The molecule has 0 fully saturated rings. The van der Waals surface area contributed by atoms with Gasteiger partial charge in [0.25, 0.3) is 0 Å². The number of hydrogen-bond donors (Lipinski definition) is 0. The van der Waals surface area contributed by atoms with Crippen molar-refractivity contribution in [1.82, 2.24) is 0 Å². The molecule has 2 aromatic rings. The molecule has 2 aromatic carbocycles. The second-order valence-corrected chi connectivity index (χ2v) is 4.73. The third-order valence-electron chi connectivity index (χ3n) is 2.85. The normalized spacial score (nSPS) is 10.1. The standard InChI is InChI=1S/C17H15NO2/c1-12(2)20-17-8-7-15(9-16(17)11-19)14-5-3-13(10-18)4-6-14/h3-9,11-12H,1-2H3. The first-order valence-electron chi connectivity index (χ1n) is 6.40. The summed E-state index contributed by atoms with van der Waals surface area (Å²) < 4.78 is 5.59. The zero-order chi connectivity index (χ0) is 14.5. The monoisotopic (exact) mass is 265 g/mol. The first kappa shape index (κ1) is 13.8. The Balaban J connectivity index is 2.38. The molecule has 0 bridgehead atoms. The van der Waals surface area contributed by atoms with Crippen molar-refractivity contribution in [2.24, 2.45) is 0 Å². The van der Waals surface area contributed by atoms with Crippen LogP contribution >= 0.6 is 0 Å². The van der Waals surface area contributed by atoms with Gasteiger partial charge in [0.2, 0.25) is 0 Å². The summed E-state index contributed by atoms with van der Waals surface area (Å²) in [5.41, 5.74) is 3.03. The smallest absolute Gasteiger partial charge is 0.153 e. The molecule has 20 heavy (non-hydrogen) atoms. The molecule has 0 amide bonds. The van der Waals surface area contributed by atoms with Gasteiger partial charge in [-0.05, 0) is 49.2 Å². The Morgan fingerprint density at radius 3 is 2.30 bits per heavy atom. The van der Waals surface area contributed by atoms with Crippen LogP contribution in [0.4, 0.5) is 0 Å². The van der Waals surface area contributed by atoms with Crippen LogP contribution in [0.5, 0.6) is 5.75 Å². The highest BCUT2D eigenvalue weighted by Crippen LogP contribution is 2.26. The minimum absolute atomic E-state index is 0.0227. The van der Waals surface area contributed by atoms with Crippen LogP contribution in [0.2, 0.25) is 0 Å². The van der Waals surface area contributed by atoms with Crippen LogP contribution in [-0.4, -0.2) is 12.4 Å². The highest BCUT2D eigenvalue weighted by atomic mass is 16.5. The summed E-state index contributed by atoms with van der Waals surface area (Å²) in [6, 6.07) is 14.8. The summed E-state index contributed by atoms with van der Waals surface area (Å²) in [5.74, 6) is 0.590. The van der Waals surface area contributed by atoms with Gasteiger partial charge in [-0.2, -0.15) is 5.26 Å². The van der Waals surface area contributed by atoms with E-state index in [0.717, 1.165) is 17.4 Å². The molecule has 0 N–H and O–H groups in total. The van der Waals surface area contributed by atoms with Crippen LogP contribution in [0.15, 0.2) is 42.5 Å². The van der Waals surface area contributed by atoms with Crippen LogP contribution in [0.3, 0.4) is 0 Å². The Hall–Kier alpha value is -2.60. The number of carbonyl (C=O) groups excluding carboxylic acids is 1. The number of benzene rings is 2. The van der Waals surface area contributed by atoms with E-state index >= 15 is 0 Å². The zero-order valence-corrected chi connectivity index (χ0v) is 11.5. The first-order chi connectivity index (χ1) is 9.63. The van der Waals surface area contributed by atoms with Crippen molar-refractivity contribution in [3.63, 3.8) is 0 Å². The lowest BCUT2D eigenvalue weighted by Gasteiger charge is -2.12. The SMILES string of the molecule is CC(C)Oc1ccc(-c2ccc(C#N)cc2)cc1C=O.